The lowest BCUT2D eigenvalue weighted by molar-refractivity contribution is 0.280. The molecule has 0 fully saturated rings. The Kier molecular flexibility index (Phi) is 1.81. The molecule has 52 valence electrons. The fourth-order valence-corrected chi connectivity index (χ4v) is 0.757. The van der Waals surface area contributed by atoms with Crippen molar-refractivity contribution in [2.75, 3.05) is 6.61 Å². The largest absolute Gasteiger partial charge is 0.396 e. The van der Waals surface area contributed by atoms with E-state index in [0.717, 1.165) is 19.3 Å². The smallest absolute Gasteiger partial charge is 0.188 e. The lowest BCUT2D eigenvalue weighted by Crippen LogP contribution is -2.03. The molecule has 1 rings (SSSR count). The molecule has 0 aromatic heterocycles. The van der Waals surface area contributed by atoms with Crippen LogP contribution >= 0.6 is 0 Å². The summed E-state index contributed by atoms with van der Waals surface area (Å²) in [5.74, 6) is 0. The summed E-state index contributed by atoms with van der Waals surface area (Å²) in [6.45, 7) is 2.29. The number of rotatable bonds is 4. The van der Waals surface area contributed by atoms with Gasteiger partial charge in [0.2, 0.25) is 0 Å². The summed E-state index contributed by atoms with van der Waals surface area (Å²) in [4.78, 5) is 0. The van der Waals surface area contributed by atoms with Crippen LogP contribution in [0.5, 0.6) is 0 Å². The van der Waals surface area contributed by atoms with Crippen LogP contribution in [0, 0.1) is 0 Å². The third kappa shape index (κ3) is 2.10. The molecule has 0 unspecified atom stereocenters. The van der Waals surface area contributed by atoms with E-state index in [1.54, 1.807) is 0 Å². The van der Waals surface area contributed by atoms with Gasteiger partial charge in [-0.15, -0.1) is 0 Å². The van der Waals surface area contributed by atoms with Gasteiger partial charge in [-0.3, -0.25) is 0 Å². The normalized spacial score (nSPS) is 20.2. The number of hydrogen-bond donors (Lipinski definition) is 1. The molecule has 1 N–H and O–H groups in total. The Morgan fingerprint density at radius 2 is 2.00 bits per heavy atom. The van der Waals surface area contributed by atoms with Gasteiger partial charge >= 0.3 is 0 Å². The molecule has 0 aliphatic carbocycles. The van der Waals surface area contributed by atoms with E-state index < -0.39 is 0 Å². The molecular weight excluding hydrogens is 116 g/mol. The molecule has 0 bridgehead atoms. The van der Waals surface area contributed by atoms with Crippen molar-refractivity contribution in [3.63, 3.8) is 0 Å². The van der Waals surface area contributed by atoms with Crippen LogP contribution in [0.1, 0.15) is 26.2 Å². The van der Waals surface area contributed by atoms with Gasteiger partial charge < -0.3 is 5.11 Å². The molecule has 9 heavy (non-hydrogen) atoms. The van der Waals surface area contributed by atoms with E-state index in [4.69, 9.17) is 5.11 Å². The molecule has 1 aliphatic heterocycles. The van der Waals surface area contributed by atoms with E-state index in [9.17, 15) is 0 Å². The Bertz CT molecular complexity index is 116. The standard InChI is InChI=1S/C6H12N2O/c1-6(7-8-6)4-2-3-5-9/h9H,2-5H2,1H3. The maximum Gasteiger partial charge on any atom is 0.188 e. The Hall–Kier alpha value is -0.440. The summed E-state index contributed by atoms with van der Waals surface area (Å²) >= 11 is 0. The Morgan fingerprint density at radius 1 is 1.33 bits per heavy atom. The number of hydrogen-bond acceptors (Lipinski definition) is 3. The molecule has 0 radical (unpaired) electrons. The van der Waals surface area contributed by atoms with Gasteiger partial charge in [0.1, 0.15) is 0 Å². The van der Waals surface area contributed by atoms with Crippen LogP contribution in [-0.4, -0.2) is 17.4 Å². The minimum absolute atomic E-state index is 0.0603. The second kappa shape index (κ2) is 2.43. The van der Waals surface area contributed by atoms with Gasteiger partial charge in [0.25, 0.3) is 0 Å². The van der Waals surface area contributed by atoms with Crippen molar-refractivity contribution in [2.24, 2.45) is 10.2 Å². The summed E-state index contributed by atoms with van der Waals surface area (Å²) in [5.41, 5.74) is -0.0603. The molecular formula is C6H12N2O. The predicted molar refractivity (Wildman–Crippen MR) is 34.2 cm³/mol. The minimum Gasteiger partial charge on any atom is -0.396 e. The molecule has 1 aliphatic rings. The zero-order valence-corrected chi connectivity index (χ0v) is 5.67. The van der Waals surface area contributed by atoms with Crippen LogP contribution in [0.4, 0.5) is 0 Å². The predicted octanol–water partition coefficient (Wildman–Crippen LogP) is 1.33. The fraction of sp³-hybridized carbons (Fsp3) is 1.00. The number of aliphatic hydroxyl groups is 1. The number of unbranched alkanes of at least 4 members (excludes halogenated alkanes) is 1. The first-order valence-corrected chi connectivity index (χ1v) is 3.32. The molecule has 0 saturated carbocycles. The molecule has 0 aromatic carbocycles. The molecule has 0 saturated heterocycles. The van der Waals surface area contributed by atoms with Crippen LogP contribution in [0.15, 0.2) is 10.2 Å². The quantitative estimate of drug-likeness (QED) is 0.570. The van der Waals surface area contributed by atoms with Crippen LogP contribution in [-0.2, 0) is 0 Å². The van der Waals surface area contributed by atoms with Crippen molar-refractivity contribution in [3.8, 4) is 0 Å². The van der Waals surface area contributed by atoms with Crippen LogP contribution in [0.3, 0.4) is 0 Å². The monoisotopic (exact) mass is 128 g/mol. The highest BCUT2D eigenvalue weighted by molar-refractivity contribution is 4.87. The van der Waals surface area contributed by atoms with Gasteiger partial charge in [0.05, 0.1) is 0 Å². The molecule has 0 atom stereocenters. The molecule has 3 nitrogen and oxygen atoms in total. The number of aliphatic hydroxyl groups excluding tert-OH is 1. The first-order valence-electron chi connectivity index (χ1n) is 3.32. The summed E-state index contributed by atoms with van der Waals surface area (Å²) < 4.78 is 0. The highest BCUT2D eigenvalue weighted by Crippen LogP contribution is 2.32. The van der Waals surface area contributed by atoms with Gasteiger partial charge in [-0.1, -0.05) is 0 Å². The Balaban J connectivity index is 1.93. The van der Waals surface area contributed by atoms with Crippen LogP contribution in [0.25, 0.3) is 0 Å². The van der Waals surface area contributed by atoms with Gasteiger partial charge in [-0.2, -0.15) is 10.2 Å². The third-order valence-corrected chi connectivity index (χ3v) is 1.50. The topological polar surface area (TPSA) is 45.0 Å². The van der Waals surface area contributed by atoms with E-state index in [-0.39, 0.29) is 12.3 Å². The van der Waals surface area contributed by atoms with E-state index in [1.165, 1.54) is 0 Å². The average molecular weight is 128 g/mol. The summed E-state index contributed by atoms with van der Waals surface area (Å²) in [6.07, 6.45) is 2.90. The summed E-state index contributed by atoms with van der Waals surface area (Å²) in [6, 6.07) is 0. The van der Waals surface area contributed by atoms with Crippen LogP contribution < -0.4 is 0 Å². The Morgan fingerprint density at radius 3 is 2.44 bits per heavy atom. The first kappa shape index (κ1) is 6.68. The van der Waals surface area contributed by atoms with Crippen molar-refractivity contribution in [1.82, 2.24) is 0 Å². The van der Waals surface area contributed by atoms with Gasteiger partial charge in [0.15, 0.2) is 5.66 Å². The van der Waals surface area contributed by atoms with E-state index >= 15 is 0 Å². The van der Waals surface area contributed by atoms with E-state index in [1.807, 2.05) is 6.92 Å². The van der Waals surface area contributed by atoms with Crippen molar-refractivity contribution in [1.29, 1.82) is 0 Å². The van der Waals surface area contributed by atoms with E-state index in [0.29, 0.717) is 0 Å². The summed E-state index contributed by atoms with van der Waals surface area (Å²) in [5, 5.41) is 16.1. The first-order chi connectivity index (χ1) is 4.27. The van der Waals surface area contributed by atoms with Crippen molar-refractivity contribution in [2.45, 2.75) is 31.8 Å². The second-order valence-corrected chi connectivity index (χ2v) is 2.60. The zero-order chi connectivity index (χ0) is 6.74. The summed E-state index contributed by atoms with van der Waals surface area (Å²) in [7, 11) is 0. The van der Waals surface area contributed by atoms with Crippen LogP contribution in [0.2, 0.25) is 0 Å². The van der Waals surface area contributed by atoms with Crippen molar-refractivity contribution >= 4 is 0 Å². The maximum atomic E-state index is 8.42. The second-order valence-electron chi connectivity index (χ2n) is 2.60. The van der Waals surface area contributed by atoms with Crippen molar-refractivity contribution in [3.05, 3.63) is 0 Å². The molecule has 1 heterocycles. The van der Waals surface area contributed by atoms with Gasteiger partial charge in [-0.05, 0) is 26.2 Å². The highest BCUT2D eigenvalue weighted by Gasteiger charge is 2.32. The van der Waals surface area contributed by atoms with Gasteiger partial charge in [0, 0.05) is 6.61 Å². The minimum atomic E-state index is -0.0603. The van der Waals surface area contributed by atoms with Gasteiger partial charge in [-0.25, -0.2) is 0 Å². The Labute approximate surface area is 54.8 Å². The lowest BCUT2D eigenvalue weighted by Gasteiger charge is -1.99. The molecule has 0 amide bonds. The maximum absolute atomic E-state index is 8.42. The SMILES string of the molecule is CC1(CCCCO)N=N1. The fourth-order valence-electron chi connectivity index (χ4n) is 0.757. The van der Waals surface area contributed by atoms with E-state index in [2.05, 4.69) is 10.2 Å². The lowest BCUT2D eigenvalue weighted by atomic mass is 10.1. The molecule has 0 spiro atoms. The number of nitrogens with zero attached hydrogens (tertiary/aromatic N) is 2. The third-order valence-electron chi connectivity index (χ3n) is 1.50. The highest BCUT2D eigenvalue weighted by atomic mass is 16.2. The molecule has 3 heteroatoms. The zero-order valence-electron chi connectivity index (χ0n) is 5.67. The average Bonchev–Trinajstić information content (AvgIpc) is 2.50. The van der Waals surface area contributed by atoms with Crippen molar-refractivity contribution < 1.29 is 5.11 Å². The molecule has 0 aromatic rings.